The highest BCUT2D eigenvalue weighted by molar-refractivity contribution is 6.10. The molecule has 0 aliphatic carbocycles. The molecule has 1 saturated heterocycles. The minimum absolute atomic E-state index is 0.0109. The van der Waals surface area contributed by atoms with Gasteiger partial charge < -0.3 is 9.73 Å². The van der Waals surface area contributed by atoms with Gasteiger partial charge in [-0.2, -0.15) is 4.98 Å². The molecule has 1 fully saturated rings. The third-order valence-corrected chi connectivity index (χ3v) is 5.72. The van der Waals surface area contributed by atoms with Crippen LogP contribution in [0.4, 0.5) is 10.8 Å². The van der Waals surface area contributed by atoms with Gasteiger partial charge in [0.1, 0.15) is 24.0 Å². The Kier molecular flexibility index (Phi) is 4.90. The first-order valence-corrected chi connectivity index (χ1v) is 10.4. The summed E-state index contributed by atoms with van der Waals surface area (Å²) in [5, 5.41) is 7.20. The summed E-state index contributed by atoms with van der Waals surface area (Å²) in [6, 6.07) is 22.0. The van der Waals surface area contributed by atoms with Gasteiger partial charge in [0.05, 0.1) is 0 Å². The van der Waals surface area contributed by atoms with Crippen molar-refractivity contribution in [3.63, 3.8) is 0 Å². The number of imide groups is 1. The van der Waals surface area contributed by atoms with E-state index >= 15 is 0 Å². The second kappa shape index (κ2) is 7.90. The second-order valence-corrected chi connectivity index (χ2v) is 7.96. The molecule has 2 heterocycles. The number of hydrogen-bond donors (Lipinski definition) is 2. The predicted molar refractivity (Wildman–Crippen MR) is 122 cm³/mol. The van der Waals surface area contributed by atoms with Gasteiger partial charge in [0.15, 0.2) is 0 Å². The molecule has 164 valence electrons. The largest absolute Gasteiger partial charge is 0.431 e. The van der Waals surface area contributed by atoms with Gasteiger partial charge in [-0.15, -0.1) is 0 Å². The molecule has 0 bridgehead atoms. The molecule has 1 aliphatic rings. The normalized spacial score (nSPS) is 17.9. The number of carbonyl (C=O) groups is 3. The highest BCUT2D eigenvalue weighted by Crippen LogP contribution is 2.31. The third kappa shape index (κ3) is 3.71. The molecule has 3 aromatic carbocycles. The topological polar surface area (TPSA) is 105 Å². The van der Waals surface area contributed by atoms with Crippen LogP contribution in [0.3, 0.4) is 0 Å². The van der Waals surface area contributed by atoms with Gasteiger partial charge >= 0.3 is 12.0 Å². The summed E-state index contributed by atoms with van der Waals surface area (Å²) in [7, 11) is 0. The van der Waals surface area contributed by atoms with Crippen molar-refractivity contribution in [3.05, 3.63) is 84.6 Å². The van der Waals surface area contributed by atoms with Crippen LogP contribution < -0.4 is 10.6 Å². The first-order valence-electron chi connectivity index (χ1n) is 10.4. The van der Waals surface area contributed by atoms with Crippen molar-refractivity contribution in [2.75, 3.05) is 11.9 Å². The van der Waals surface area contributed by atoms with Gasteiger partial charge in [0, 0.05) is 5.56 Å². The Morgan fingerprint density at radius 3 is 2.55 bits per heavy atom. The van der Waals surface area contributed by atoms with Crippen LogP contribution in [0.2, 0.25) is 0 Å². The first-order chi connectivity index (χ1) is 15.9. The summed E-state index contributed by atoms with van der Waals surface area (Å²) in [6.07, 6.45) is 1.43. The van der Waals surface area contributed by atoms with E-state index in [1.165, 1.54) is 6.26 Å². The van der Waals surface area contributed by atoms with Crippen molar-refractivity contribution >= 4 is 34.6 Å². The lowest BCUT2D eigenvalue weighted by Crippen LogP contribution is -2.42. The van der Waals surface area contributed by atoms with E-state index in [0.29, 0.717) is 11.3 Å². The fourth-order valence-electron chi connectivity index (χ4n) is 3.91. The molecule has 0 spiro atoms. The van der Waals surface area contributed by atoms with E-state index in [0.717, 1.165) is 21.2 Å². The molecular weight excluding hydrogens is 420 g/mol. The Morgan fingerprint density at radius 1 is 1.03 bits per heavy atom. The predicted octanol–water partition coefficient (Wildman–Crippen LogP) is 3.90. The van der Waals surface area contributed by atoms with Gasteiger partial charge in [-0.25, -0.2) is 4.79 Å². The average Bonchev–Trinajstić information content (AvgIpc) is 3.38. The van der Waals surface area contributed by atoms with Crippen molar-refractivity contribution in [2.24, 2.45) is 0 Å². The van der Waals surface area contributed by atoms with Crippen LogP contribution in [0.25, 0.3) is 22.0 Å². The molecule has 4 aromatic rings. The third-order valence-electron chi connectivity index (χ3n) is 5.72. The van der Waals surface area contributed by atoms with E-state index in [-0.39, 0.29) is 6.01 Å². The molecule has 5 rings (SSSR count). The quantitative estimate of drug-likeness (QED) is 0.458. The number of hydrogen-bond acceptors (Lipinski definition) is 5. The Labute approximate surface area is 189 Å². The van der Waals surface area contributed by atoms with Crippen LogP contribution in [0.5, 0.6) is 0 Å². The number of amides is 4. The SMILES string of the molecule is CC1(c2ccc3ccccc3c2)NC(=O)N(CC(=O)Nc2nc(-c3ccccc3)co2)C1=O. The molecule has 0 radical (unpaired) electrons. The van der Waals surface area contributed by atoms with Crippen LogP contribution in [-0.4, -0.2) is 34.3 Å². The number of benzene rings is 3. The van der Waals surface area contributed by atoms with Crippen LogP contribution in [0.15, 0.2) is 83.5 Å². The number of nitrogens with zero attached hydrogens (tertiary/aromatic N) is 2. The Hall–Kier alpha value is -4.46. The second-order valence-electron chi connectivity index (χ2n) is 7.96. The van der Waals surface area contributed by atoms with E-state index in [9.17, 15) is 14.4 Å². The summed E-state index contributed by atoms with van der Waals surface area (Å²) >= 11 is 0. The van der Waals surface area contributed by atoms with Gasteiger partial charge in [-0.3, -0.25) is 19.8 Å². The van der Waals surface area contributed by atoms with Crippen molar-refractivity contribution < 1.29 is 18.8 Å². The number of urea groups is 1. The highest BCUT2D eigenvalue weighted by Gasteiger charge is 2.49. The highest BCUT2D eigenvalue weighted by atomic mass is 16.4. The molecule has 8 nitrogen and oxygen atoms in total. The maximum absolute atomic E-state index is 13.2. The molecule has 1 unspecified atom stereocenters. The maximum atomic E-state index is 13.2. The van der Waals surface area contributed by atoms with Gasteiger partial charge in [-0.1, -0.05) is 66.7 Å². The standard InChI is InChI=1S/C25H20N4O4/c1-25(19-12-11-16-7-5-6-10-18(16)13-19)22(31)29(24(32)28-25)14-21(30)27-23-26-20(15-33-23)17-8-3-2-4-9-17/h2-13,15H,14H2,1H3,(H,28,32)(H,26,27,30). The van der Waals surface area contributed by atoms with Crippen molar-refractivity contribution in [1.82, 2.24) is 15.2 Å². The summed E-state index contributed by atoms with van der Waals surface area (Å²) in [4.78, 5) is 43.4. The Balaban J connectivity index is 1.31. The van der Waals surface area contributed by atoms with Crippen molar-refractivity contribution in [3.8, 4) is 11.3 Å². The zero-order valence-corrected chi connectivity index (χ0v) is 17.7. The zero-order valence-electron chi connectivity index (χ0n) is 17.7. The van der Waals surface area contributed by atoms with Crippen molar-refractivity contribution in [1.29, 1.82) is 0 Å². The van der Waals surface area contributed by atoms with Gasteiger partial charge in [0.25, 0.3) is 5.91 Å². The summed E-state index contributed by atoms with van der Waals surface area (Å²) in [5.41, 5.74) is 0.764. The number of rotatable bonds is 5. The molecule has 2 N–H and O–H groups in total. The number of carbonyl (C=O) groups excluding carboxylic acids is 3. The van der Waals surface area contributed by atoms with E-state index in [1.54, 1.807) is 6.92 Å². The van der Waals surface area contributed by atoms with Gasteiger partial charge in [0.2, 0.25) is 5.91 Å². The molecule has 1 aromatic heterocycles. The minimum atomic E-state index is -1.27. The maximum Gasteiger partial charge on any atom is 0.325 e. The lowest BCUT2D eigenvalue weighted by molar-refractivity contribution is -0.133. The van der Waals surface area contributed by atoms with E-state index < -0.39 is 29.9 Å². The van der Waals surface area contributed by atoms with E-state index in [2.05, 4.69) is 15.6 Å². The van der Waals surface area contributed by atoms with Crippen LogP contribution in [0, 0.1) is 0 Å². The monoisotopic (exact) mass is 440 g/mol. The fourth-order valence-corrected chi connectivity index (χ4v) is 3.91. The van der Waals surface area contributed by atoms with Crippen LogP contribution >= 0.6 is 0 Å². The molecule has 8 heteroatoms. The number of aromatic nitrogens is 1. The lowest BCUT2D eigenvalue weighted by atomic mass is 9.90. The van der Waals surface area contributed by atoms with E-state index in [4.69, 9.17) is 4.42 Å². The number of oxazole rings is 1. The van der Waals surface area contributed by atoms with Crippen LogP contribution in [0.1, 0.15) is 12.5 Å². The number of fused-ring (bicyclic) bond motifs is 1. The number of nitrogens with one attached hydrogen (secondary N) is 2. The summed E-state index contributed by atoms with van der Waals surface area (Å²) in [5.74, 6) is -1.10. The molecule has 33 heavy (non-hydrogen) atoms. The van der Waals surface area contributed by atoms with Crippen molar-refractivity contribution in [2.45, 2.75) is 12.5 Å². The van der Waals surface area contributed by atoms with Crippen LogP contribution in [-0.2, 0) is 15.1 Å². The Morgan fingerprint density at radius 2 is 1.76 bits per heavy atom. The molecule has 4 amide bonds. The summed E-state index contributed by atoms with van der Waals surface area (Å²) in [6.45, 7) is 1.17. The lowest BCUT2D eigenvalue weighted by Gasteiger charge is -2.22. The van der Waals surface area contributed by atoms with E-state index in [1.807, 2.05) is 72.8 Å². The fraction of sp³-hybridized carbons (Fsp3) is 0.120. The minimum Gasteiger partial charge on any atom is -0.431 e. The molecule has 1 atom stereocenters. The molecule has 0 saturated carbocycles. The summed E-state index contributed by atoms with van der Waals surface area (Å²) < 4.78 is 5.31. The average molecular weight is 440 g/mol. The Bertz CT molecular complexity index is 1380. The smallest absolute Gasteiger partial charge is 0.325 e. The molecular formula is C25H20N4O4. The van der Waals surface area contributed by atoms with Gasteiger partial charge in [-0.05, 0) is 29.3 Å². The molecule has 1 aliphatic heterocycles. The zero-order chi connectivity index (χ0) is 23.0. The first kappa shape index (κ1) is 20.4. The number of anilines is 1.